The Hall–Kier alpha value is -2.53. The highest BCUT2D eigenvalue weighted by Gasteiger charge is 2.10. The monoisotopic (exact) mass is 347 g/mol. The Kier molecular flexibility index (Phi) is 6.21. The molecule has 0 aliphatic rings. The minimum Gasteiger partial charge on any atom is -0.482 e. The van der Waals surface area contributed by atoms with Crippen LogP contribution < -0.4 is 10.1 Å². The number of rotatable bonds is 6. The molecule has 24 heavy (non-hydrogen) atoms. The van der Waals surface area contributed by atoms with Crippen LogP contribution in [0.3, 0.4) is 0 Å². The van der Waals surface area contributed by atoms with E-state index in [9.17, 15) is 9.59 Å². The van der Waals surface area contributed by atoms with E-state index in [1.807, 2.05) is 6.92 Å². The molecular formula is C18H18ClNO4. The lowest BCUT2D eigenvalue weighted by molar-refractivity contribution is -0.145. The Morgan fingerprint density at radius 2 is 1.83 bits per heavy atom. The highest BCUT2D eigenvalue weighted by molar-refractivity contribution is 6.31. The van der Waals surface area contributed by atoms with Gasteiger partial charge in [0.2, 0.25) is 0 Å². The normalized spacial score (nSPS) is 10.1. The van der Waals surface area contributed by atoms with Crippen LogP contribution in [0.25, 0.3) is 0 Å². The second kappa shape index (κ2) is 8.36. The summed E-state index contributed by atoms with van der Waals surface area (Å²) < 4.78 is 10.1. The molecule has 0 fully saturated rings. The number of halogens is 1. The van der Waals surface area contributed by atoms with Crippen molar-refractivity contribution in [1.29, 1.82) is 0 Å². The first-order valence-corrected chi connectivity index (χ1v) is 7.84. The second-order valence-electron chi connectivity index (χ2n) is 4.98. The molecule has 6 heteroatoms. The summed E-state index contributed by atoms with van der Waals surface area (Å²) in [7, 11) is 0. The fraction of sp³-hybridized carbons (Fsp3) is 0.222. The van der Waals surface area contributed by atoms with E-state index in [0.29, 0.717) is 28.6 Å². The SMILES string of the molecule is CCOC(=O)COc1ccc(C(=O)Nc2cccc(Cl)c2C)cc1. The van der Waals surface area contributed by atoms with Gasteiger partial charge in [-0.3, -0.25) is 4.79 Å². The molecule has 2 aromatic carbocycles. The molecule has 1 N–H and O–H groups in total. The Balaban J connectivity index is 1.98. The largest absolute Gasteiger partial charge is 0.482 e. The van der Waals surface area contributed by atoms with Crippen LogP contribution in [0, 0.1) is 6.92 Å². The molecule has 5 nitrogen and oxygen atoms in total. The summed E-state index contributed by atoms with van der Waals surface area (Å²) in [6.45, 7) is 3.71. The zero-order chi connectivity index (χ0) is 17.5. The fourth-order valence-corrected chi connectivity index (χ4v) is 2.16. The molecule has 0 saturated heterocycles. The number of carbonyl (C=O) groups is 2. The summed E-state index contributed by atoms with van der Waals surface area (Å²) in [5.41, 5.74) is 1.94. The Bertz CT molecular complexity index is 728. The first-order valence-electron chi connectivity index (χ1n) is 7.46. The first-order chi connectivity index (χ1) is 11.5. The van der Waals surface area contributed by atoms with E-state index >= 15 is 0 Å². The molecular weight excluding hydrogens is 330 g/mol. The van der Waals surface area contributed by atoms with Gasteiger partial charge in [-0.15, -0.1) is 0 Å². The summed E-state index contributed by atoms with van der Waals surface area (Å²) >= 11 is 6.04. The molecule has 0 aliphatic heterocycles. The van der Waals surface area contributed by atoms with Crippen molar-refractivity contribution in [3.63, 3.8) is 0 Å². The van der Waals surface area contributed by atoms with Crippen LogP contribution in [0.4, 0.5) is 5.69 Å². The number of hydrogen-bond acceptors (Lipinski definition) is 4. The number of carbonyl (C=O) groups excluding carboxylic acids is 2. The molecule has 0 unspecified atom stereocenters. The van der Waals surface area contributed by atoms with Crippen LogP contribution in [0.2, 0.25) is 5.02 Å². The van der Waals surface area contributed by atoms with Crippen molar-refractivity contribution in [2.75, 3.05) is 18.5 Å². The van der Waals surface area contributed by atoms with Gasteiger partial charge in [0.05, 0.1) is 6.61 Å². The number of ether oxygens (including phenoxy) is 2. The van der Waals surface area contributed by atoms with Crippen molar-refractivity contribution < 1.29 is 19.1 Å². The van der Waals surface area contributed by atoms with Crippen LogP contribution in [-0.4, -0.2) is 25.1 Å². The van der Waals surface area contributed by atoms with E-state index in [-0.39, 0.29) is 12.5 Å². The smallest absolute Gasteiger partial charge is 0.344 e. The van der Waals surface area contributed by atoms with E-state index in [1.165, 1.54) is 0 Å². The summed E-state index contributed by atoms with van der Waals surface area (Å²) in [4.78, 5) is 23.5. The zero-order valence-electron chi connectivity index (χ0n) is 13.5. The number of anilines is 1. The number of hydrogen-bond donors (Lipinski definition) is 1. The maximum absolute atomic E-state index is 12.3. The molecule has 126 valence electrons. The van der Waals surface area contributed by atoms with Crippen molar-refractivity contribution in [3.05, 3.63) is 58.6 Å². The van der Waals surface area contributed by atoms with Crippen molar-refractivity contribution in [1.82, 2.24) is 0 Å². The third-order valence-corrected chi connectivity index (χ3v) is 3.70. The van der Waals surface area contributed by atoms with Crippen molar-refractivity contribution in [2.24, 2.45) is 0 Å². The molecule has 0 spiro atoms. The maximum Gasteiger partial charge on any atom is 0.344 e. The molecule has 2 aromatic rings. The van der Waals surface area contributed by atoms with Gasteiger partial charge in [0.15, 0.2) is 6.61 Å². The minimum absolute atomic E-state index is 0.166. The lowest BCUT2D eigenvalue weighted by atomic mass is 10.1. The van der Waals surface area contributed by atoms with Gasteiger partial charge in [0.1, 0.15) is 5.75 Å². The van der Waals surface area contributed by atoms with Crippen LogP contribution in [0.15, 0.2) is 42.5 Å². The summed E-state index contributed by atoms with van der Waals surface area (Å²) in [5.74, 6) is -0.202. The predicted octanol–water partition coefficient (Wildman–Crippen LogP) is 3.84. The van der Waals surface area contributed by atoms with Gasteiger partial charge in [-0.25, -0.2) is 4.79 Å². The summed E-state index contributed by atoms with van der Waals surface area (Å²) in [5, 5.41) is 3.41. The second-order valence-corrected chi connectivity index (χ2v) is 5.39. The molecule has 0 atom stereocenters. The van der Waals surface area contributed by atoms with E-state index in [0.717, 1.165) is 5.56 Å². The van der Waals surface area contributed by atoms with Gasteiger partial charge in [-0.1, -0.05) is 17.7 Å². The highest BCUT2D eigenvalue weighted by atomic mass is 35.5. The van der Waals surface area contributed by atoms with Crippen molar-refractivity contribution in [2.45, 2.75) is 13.8 Å². The third-order valence-electron chi connectivity index (χ3n) is 3.29. The topological polar surface area (TPSA) is 64.6 Å². The third kappa shape index (κ3) is 4.73. The van der Waals surface area contributed by atoms with Crippen molar-refractivity contribution in [3.8, 4) is 5.75 Å². The molecule has 0 bridgehead atoms. The van der Waals surface area contributed by atoms with Gasteiger partial charge in [-0.05, 0) is 55.8 Å². The highest BCUT2D eigenvalue weighted by Crippen LogP contribution is 2.23. The minimum atomic E-state index is -0.434. The summed E-state index contributed by atoms with van der Waals surface area (Å²) in [6, 6.07) is 11.8. The lowest BCUT2D eigenvalue weighted by Crippen LogP contribution is -2.15. The van der Waals surface area contributed by atoms with Crippen LogP contribution >= 0.6 is 11.6 Å². The van der Waals surface area contributed by atoms with Gasteiger partial charge in [0.25, 0.3) is 5.91 Å². The number of benzene rings is 2. The molecule has 1 amide bonds. The number of nitrogens with one attached hydrogen (secondary N) is 1. The van der Waals surface area contributed by atoms with E-state index in [4.69, 9.17) is 21.1 Å². The molecule has 0 radical (unpaired) electrons. The standard InChI is InChI=1S/C18H18ClNO4/c1-3-23-17(21)11-24-14-9-7-13(8-10-14)18(22)20-16-6-4-5-15(19)12(16)2/h4-10H,3,11H2,1-2H3,(H,20,22). The van der Waals surface area contributed by atoms with Crippen LogP contribution in [-0.2, 0) is 9.53 Å². The van der Waals surface area contributed by atoms with E-state index < -0.39 is 5.97 Å². The van der Waals surface area contributed by atoms with E-state index in [2.05, 4.69) is 5.32 Å². The maximum atomic E-state index is 12.3. The Labute approximate surface area is 145 Å². The molecule has 0 heterocycles. The predicted molar refractivity (Wildman–Crippen MR) is 92.7 cm³/mol. The van der Waals surface area contributed by atoms with Gasteiger partial charge < -0.3 is 14.8 Å². The van der Waals surface area contributed by atoms with Gasteiger partial charge >= 0.3 is 5.97 Å². The number of esters is 1. The van der Waals surface area contributed by atoms with Crippen LogP contribution in [0.1, 0.15) is 22.8 Å². The molecule has 2 rings (SSSR count). The molecule has 0 saturated carbocycles. The van der Waals surface area contributed by atoms with Crippen LogP contribution in [0.5, 0.6) is 5.75 Å². The molecule has 0 aromatic heterocycles. The van der Waals surface area contributed by atoms with Gasteiger partial charge in [-0.2, -0.15) is 0 Å². The van der Waals surface area contributed by atoms with Crippen molar-refractivity contribution >= 4 is 29.2 Å². The average Bonchev–Trinajstić information content (AvgIpc) is 2.58. The van der Waals surface area contributed by atoms with Gasteiger partial charge in [0, 0.05) is 16.3 Å². The Morgan fingerprint density at radius 3 is 2.50 bits per heavy atom. The first kappa shape index (κ1) is 17.8. The average molecular weight is 348 g/mol. The Morgan fingerprint density at radius 1 is 1.12 bits per heavy atom. The number of amides is 1. The van der Waals surface area contributed by atoms with E-state index in [1.54, 1.807) is 49.4 Å². The lowest BCUT2D eigenvalue weighted by Gasteiger charge is -2.10. The zero-order valence-corrected chi connectivity index (χ0v) is 14.2. The fourth-order valence-electron chi connectivity index (χ4n) is 1.98. The quantitative estimate of drug-likeness (QED) is 0.806. The summed E-state index contributed by atoms with van der Waals surface area (Å²) in [6.07, 6.45) is 0. The molecule has 0 aliphatic carbocycles.